The highest BCUT2D eigenvalue weighted by atomic mass is 127. The normalized spacial score (nSPS) is 21.4. The molecular weight excluding hydrogens is 281 g/mol. The number of nitrogens with one attached hydrogen (secondary N) is 1. The number of fused-ring (bicyclic) bond motifs is 1. The van der Waals surface area contributed by atoms with Crippen molar-refractivity contribution in [2.75, 3.05) is 8.85 Å². The molecule has 0 saturated carbocycles. The zero-order valence-electron chi connectivity index (χ0n) is 6.87. The van der Waals surface area contributed by atoms with Gasteiger partial charge in [0.2, 0.25) is 0 Å². The summed E-state index contributed by atoms with van der Waals surface area (Å²) >= 11 is 2.06. The number of hydrogen-bond acceptors (Lipinski definition) is 4. The van der Waals surface area contributed by atoms with Gasteiger partial charge in [-0.1, -0.05) is 6.07 Å². The number of aliphatic hydroxyl groups excluding tert-OH is 1. The fraction of sp³-hybridized carbons (Fsp3) is 0.250. The number of hydrogen-bond donors (Lipinski definition) is 3. The van der Waals surface area contributed by atoms with Gasteiger partial charge >= 0.3 is 0 Å². The summed E-state index contributed by atoms with van der Waals surface area (Å²) in [4.78, 5) is 0. The Morgan fingerprint density at radius 2 is 2.38 bits per heavy atom. The summed E-state index contributed by atoms with van der Waals surface area (Å²) in [6, 6.07) is 5.70. The lowest BCUT2D eigenvalue weighted by Gasteiger charge is -2.31. The Balaban J connectivity index is 2.49. The molecule has 4 N–H and O–H groups in total. The van der Waals surface area contributed by atoms with Gasteiger partial charge in [-0.25, -0.2) is 0 Å². The number of nitrogen functional groups attached to an aromatic ring is 1. The molecule has 2 rings (SSSR count). The molecular formula is C8H10IN3O. The lowest BCUT2D eigenvalue weighted by atomic mass is 10.1. The first-order chi connectivity index (χ1) is 6.20. The van der Waals surface area contributed by atoms with Crippen LogP contribution in [0.15, 0.2) is 18.2 Å². The highest BCUT2D eigenvalue weighted by Gasteiger charge is 2.22. The number of rotatable bonds is 0. The van der Waals surface area contributed by atoms with Gasteiger partial charge in [-0.3, -0.25) is 8.43 Å². The van der Waals surface area contributed by atoms with E-state index in [-0.39, 0.29) is 0 Å². The molecule has 1 aliphatic heterocycles. The number of benzene rings is 1. The summed E-state index contributed by atoms with van der Waals surface area (Å²) in [5.74, 6) is 0. The predicted molar refractivity (Wildman–Crippen MR) is 60.2 cm³/mol. The summed E-state index contributed by atoms with van der Waals surface area (Å²) in [5, 5.41) is 12.4. The third kappa shape index (κ3) is 1.47. The van der Waals surface area contributed by atoms with Gasteiger partial charge in [-0.05, 0) is 12.1 Å². The number of nitrogens with zero attached hydrogens (tertiary/aromatic N) is 1. The molecule has 1 aliphatic rings. The second kappa shape index (κ2) is 3.32. The van der Waals surface area contributed by atoms with Crippen molar-refractivity contribution >= 4 is 34.2 Å². The predicted octanol–water partition coefficient (Wildman–Crippen LogP) is 0.804. The summed E-state index contributed by atoms with van der Waals surface area (Å²) in [7, 11) is 0. The second-order valence-corrected chi connectivity index (χ2v) is 3.95. The van der Waals surface area contributed by atoms with Crippen LogP contribution in [0.2, 0.25) is 0 Å². The third-order valence-electron chi connectivity index (χ3n) is 2.09. The van der Waals surface area contributed by atoms with E-state index in [4.69, 9.17) is 5.73 Å². The van der Waals surface area contributed by atoms with Crippen LogP contribution in [0, 0.1) is 0 Å². The largest absolute Gasteiger partial charge is 0.398 e. The van der Waals surface area contributed by atoms with E-state index < -0.39 is 6.35 Å². The molecule has 0 bridgehead atoms. The Hall–Kier alpha value is -0.530. The molecule has 4 nitrogen and oxygen atoms in total. The van der Waals surface area contributed by atoms with Crippen molar-refractivity contribution in [2.45, 2.75) is 12.9 Å². The van der Waals surface area contributed by atoms with Gasteiger partial charge < -0.3 is 10.8 Å². The first kappa shape index (κ1) is 9.04. The van der Waals surface area contributed by atoms with Gasteiger partial charge in [0.05, 0.1) is 28.6 Å². The SMILES string of the molecule is Nc1cccc2c1CNC(O)N2I. The fourth-order valence-corrected chi connectivity index (χ4v) is 2.04. The summed E-state index contributed by atoms with van der Waals surface area (Å²) < 4.78 is 1.73. The number of halogens is 1. The molecule has 0 amide bonds. The maximum absolute atomic E-state index is 9.48. The first-order valence-electron chi connectivity index (χ1n) is 3.94. The van der Waals surface area contributed by atoms with Crippen LogP contribution < -0.4 is 14.2 Å². The van der Waals surface area contributed by atoms with Gasteiger partial charge in [0, 0.05) is 17.8 Å². The molecule has 0 aliphatic carbocycles. The first-order valence-corrected chi connectivity index (χ1v) is 4.90. The van der Waals surface area contributed by atoms with Crippen molar-refractivity contribution in [1.82, 2.24) is 5.32 Å². The van der Waals surface area contributed by atoms with Gasteiger partial charge in [-0.2, -0.15) is 0 Å². The number of aliphatic hydroxyl groups is 1. The van der Waals surface area contributed by atoms with E-state index in [1.807, 2.05) is 18.2 Å². The van der Waals surface area contributed by atoms with Crippen LogP contribution in [0.25, 0.3) is 0 Å². The highest BCUT2D eigenvalue weighted by Crippen LogP contribution is 2.31. The Labute approximate surface area is 90.2 Å². The van der Waals surface area contributed by atoms with Gasteiger partial charge in [-0.15, -0.1) is 0 Å². The monoisotopic (exact) mass is 291 g/mol. The van der Waals surface area contributed by atoms with E-state index >= 15 is 0 Å². The fourth-order valence-electron chi connectivity index (χ4n) is 1.39. The minimum absolute atomic E-state index is 0.614. The molecule has 5 heteroatoms. The second-order valence-electron chi connectivity index (χ2n) is 2.91. The van der Waals surface area contributed by atoms with Gasteiger partial charge in [0.15, 0.2) is 6.35 Å². The van der Waals surface area contributed by atoms with Gasteiger partial charge in [0.25, 0.3) is 0 Å². The quantitative estimate of drug-likeness (QED) is 0.376. The maximum atomic E-state index is 9.48. The average molecular weight is 291 g/mol. The van der Waals surface area contributed by atoms with Crippen molar-refractivity contribution in [1.29, 1.82) is 0 Å². The van der Waals surface area contributed by atoms with Gasteiger partial charge in [0.1, 0.15) is 0 Å². The number of nitrogens with two attached hydrogens (primary N) is 1. The topological polar surface area (TPSA) is 61.5 Å². The van der Waals surface area contributed by atoms with E-state index in [2.05, 4.69) is 28.2 Å². The Morgan fingerprint density at radius 1 is 1.62 bits per heavy atom. The molecule has 0 aromatic heterocycles. The van der Waals surface area contributed by atoms with Crippen LogP contribution in [0.1, 0.15) is 5.56 Å². The molecule has 0 spiro atoms. The maximum Gasteiger partial charge on any atom is 0.192 e. The van der Waals surface area contributed by atoms with Crippen LogP contribution in [0.3, 0.4) is 0 Å². The summed E-state index contributed by atoms with van der Waals surface area (Å²) in [6.45, 7) is 0.614. The van der Waals surface area contributed by atoms with Crippen molar-refractivity contribution in [3.63, 3.8) is 0 Å². The smallest absolute Gasteiger partial charge is 0.192 e. The van der Waals surface area contributed by atoms with Crippen LogP contribution in [0.4, 0.5) is 11.4 Å². The lowest BCUT2D eigenvalue weighted by molar-refractivity contribution is 0.147. The van der Waals surface area contributed by atoms with Crippen LogP contribution in [0.5, 0.6) is 0 Å². The van der Waals surface area contributed by atoms with Crippen LogP contribution >= 0.6 is 22.9 Å². The average Bonchev–Trinajstić information content (AvgIpc) is 2.12. The molecule has 0 radical (unpaired) electrons. The lowest BCUT2D eigenvalue weighted by Crippen LogP contribution is -2.44. The number of anilines is 2. The Kier molecular flexibility index (Phi) is 2.31. The zero-order chi connectivity index (χ0) is 9.42. The molecule has 1 unspecified atom stereocenters. The van der Waals surface area contributed by atoms with E-state index in [9.17, 15) is 5.11 Å². The summed E-state index contributed by atoms with van der Waals surface area (Å²) in [5.41, 5.74) is 8.58. The third-order valence-corrected chi connectivity index (χ3v) is 3.14. The molecule has 1 atom stereocenters. The minimum atomic E-state index is -0.630. The molecule has 70 valence electrons. The van der Waals surface area contributed by atoms with Crippen LogP contribution in [-0.2, 0) is 6.54 Å². The van der Waals surface area contributed by atoms with Crippen molar-refractivity contribution in [2.24, 2.45) is 0 Å². The van der Waals surface area contributed by atoms with Crippen LogP contribution in [-0.4, -0.2) is 11.5 Å². The molecule has 13 heavy (non-hydrogen) atoms. The molecule has 1 aromatic rings. The molecule has 0 saturated heterocycles. The zero-order valence-corrected chi connectivity index (χ0v) is 9.02. The minimum Gasteiger partial charge on any atom is -0.398 e. The Bertz CT molecular complexity index is 331. The molecule has 1 aromatic carbocycles. The van der Waals surface area contributed by atoms with Crippen molar-refractivity contribution in [3.8, 4) is 0 Å². The molecule has 0 fully saturated rings. The van der Waals surface area contributed by atoms with E-state index in [1.54, 1.807) is 3.11 Å². The standard InChI is InChI=1S/C8H10IN3O/c9-12-7-3-1-2-6(10)5(7)4-11-8(12)13/h1-3,8,11,13H,4,10H2. The summed E-state index contributed by atoms with van der Waals surface area (Å²) in [6.07, 6.45) is -0.630. The van der Waals surface area contributed by atoms with E-state index in [0.29, 0.717) is 6.54 Å². The van der Waals surface area contributed by atoms with Crippen molar-refractivity contribution in [3.05, 3.63) is 23.8 Å². The van der Waals surface area contributed by atoms with E-state index in [1.165, 1.54) is 0 Å². The molecule has 1 heterocycles. The van der Waals surface area contributed by atoms with Crippen molar-refractivity contribution < 1.29 is 5.11 Å². The Morgan fingerprint density at radius 3 is 3.15 bits per heavy atom. The highest BCUT2D eigenvalue weighted by molar-refractivity contribution is 14.1. The van der Waals surface area contributed by atoms with E-state index in [0.717, 1.165) is 16.9 Å².